The molecule has 6 nitrogen and oxygen atoms in total. The maximum absolute atomic E-state index is 11.1. The Morgan fingerprint density at radius 1 is 1.20 bits per heavy atom. The fraction of sp³-hybridized carbons (Fsp3) is 0.500. The highest BCUT2D eigenvalue weighted by molar-refractivity contribution is 6.00. The summed E-state index contributed by atoms with van der Waals surface area (Å²) in [6.07, 6.45) is 4.91. The first-order chi connectivity index (χ1) is 9.66. The Balaban J connectivity index is 2.02. The minimum absolute atomic E-state index is 0.0671. The Labute approximate surface area is 117 Å². The van der Waals surface area contributed by atoms with Gasteiger partial charge in [-0.3, -0.25) is 0 Å². The zero-order chi connectivity index (χ0) is 14.1. The van der Waals surface area contributed by atoms with Gasteiger partial charge in [-0.15, -0.1) is 0 Å². The van der Waals surface area contributed by atoms with Crippen molar-refractivity contribution < 1.29 is 9.90 Å². The SMILES string of the molecule is Cn1nc(C(=O)O)c2ccc(N3CCCCCC3)nc21. The van der Waals surface area contributed by atoms with E-state index in [-0.39, 0.29) is 5.69 Å². The van der Waals surface area contributed by atoms with E-state index in [4.69, 9.17) is 5.11 Å². The molecule has 2 aromatic rings. The Morgan fingerprint density at radius 2 is 1.90 bits per heavy atom. The summed E-state index contributed by atoms with van der Waals surface area (Å²) in [5, 5.41) is 13.8. The number of carbonyl (C=O) groups is 1. The number of aryl methyl sites for hydroxylation is 1. The molecule has 0 saturated carbocycles. The molecule has 0 aromatic carbocycles. The van der Waals surface area contributed by atoms with E-state index >= 15 is 0 Å². The van der Waals surface area contributed by atoms with E-state index in [2.05, 4.69) is 15.0 Å². The molecule has 1 fully saturated rings. The molecule has 106 valence electrons. The molecule has 0 spiro atoms. The molecule has 0 unspecified atom stereocenters. The monoisotopic (exact) mass is 274 g/mol. The molecule has 2 aromatic heterocycles. The molecule has 1 aliphatic rings. The number of hydrogen-bond acceptors (Lipinski definition) is 4. The van der Waals surface area contributed by atoms with E-state index in [1.165, 1.54) is 25.7 Å². The van der Waals surface area contributed by atoms with Gasteiger partial charge < -0.3 is 10.0 Å². The van der Waals surface area contributed by atoms with Crippen LogP contribution in [0, 0.1) is 0 Å². The molecule has 0 amide bonds. The molecule has 1 N–H and O–H groups in total. The maximum atomic E-state index is 11.1. The topological polar surface area (TPSA) is 71.2 Å². The summed E-state index contributed by atoms with van der Waals surface area (Å²) in [6.45, 7) is 2.03. The number of hydrogen-bond donors (Lipinski definition) is 1. The molecule has 0 atom stereocenters. The van der Waals surface area contributed by atoms with Crippen LogP contribution in [-0.4, -0.2) is 38.9 Å². The van der Waals surface area contributed by atoms with Crippen molar-refractivity contribution in [3.05, 3.63) is 17.8 Å². The number of anilines is 1. The van der Waals surface area contributed by atoms with Gasteiger partial charge in [-0.25, -0.2) is 14.5 Å². The minimum Gasteiger partial charge on any atom is -0.476 e. The van der Waals surface area contributed by atoms with Gasteiger partial charge in [0.25, 0.3) is 0 Å². The summed E-state index contributed by atoms with van der Waals surface area (Å²) in [7, 11) is 1.73. The first kappa shape index (κ1) is 12.9. The van der Waals surface area contributed by atoms with Crippen LogP contribution < -0.4 is 4.90 Å². The van der Waals surface area contributed by atoms with Crippen LogP contribution in [0.4, 0.5) is 5.82 Å². The average molecular weight is 274 g/mol. The van der Waals surface area contributed by atoms with Crippen molar-refractivity contribution in [3.63, 3.8) is 0 Å². The standard InChI is InChI=1S/C14H18N4O2/c1-17-13-10(12(16-17)14(19)20)6-7-11(15-13)18-8-4-2-3-5-9-18/h6-7H,2-5,8-9H2,1H3,(H,19,20). The zero-order valence-corrected chi connectivity index (χ0v) is 11.5. The van der Waals surface area contributed by atoms with Crippen LogP contribution in [0.3, 0.4) is 0 Å². The quantitative estimate of drug-likeness (QED) is 0.907. The summed E-state index contributed by atoms with van der Waals surface area (Å²) < 4.78 is 1.54. The van der Waals surface area contributed by atoms with Crippen molar-refractivity contribution in [1.29, 1.82) is 0 Å². The first-order valence-corrected chi connectivity index (χ1v) is 6.99. The van der Waals surface area contributed by atoms with Crippen LogP contribution in [0.25, 0.3) is 11.0 Å². The van der Waals surface area contributed by atoms with Crippen LogP contribution in [0.2, 0.25) is 0 Å². The summed E-state index contributed by atoms with van der Waals surface area (Å²) in [5.41, 5.74) is 0.696. The number of carboxylic acid groups (broad SMARTS) is 1. The van der Waals surface area contributed by atoms with Crippen molar-refractivity contribution in [2.45, 2.75) is 25.7 Å². The number of aromatic nitrogens is 3. The second-order valence-electron chi connectivity index (χ2n) is 5.22. The average Bonchev–Trinajstić information content (AvgIpc) is 2.64. The van der Waals surface area contributed by atoms with Crippen molar-refractivity contribution in [2.24, 2.45) is 7.05 Å². The summed E-state index contributed by atoms with van der Waals surface area (Å²) in [6, 6.07) is 3.72. The molecule has 3 heterocycles. The van der Waals surface area contributed by atoms with Crippen molar-refractivity contribution in [1.82, 2.24) is 14.8 Å². The lowest BCUT2D eigenvalue weighted by Crippen LogP contribution is -2.24. The van der Waals surface area contributed by atoms with Gasteiger partial charge in [-0.1, -0.05) is 12.8 Å². The van der Waals surface area contributed by atoms with Gasteiger partial charge in [-0.2, -0.15) is 5.10 Å². The van der Waals surface area contributed by atoms with Crippen molar-refractivity contribution in [2.75, 3.05) is 18.0 Å². The lowest BCUT2D eigenvalue weighted by molar-refractivity contribution is 0.0691. The van der Waals surface area contributed by atoms with E-state index in [0.29, 0.717) is 11.0 Å². The highest BCUT2D eigenvalue weighted by Gasteiger charge is 2.18. The predicted molar refractivity (Wildman–Crippen MR) is 76.1 cm³/mol. The Bertz CT molecular complexity index is 642. The fourth-order valence-electron chi connectivity index (χ4n) is 2.76. The van der Waals surface area contributed by atoms with Crippen molar-refractivity contribution in [3.8, 4) is 0 Å². The molecular weight excluding hydrogens is 256 g/mol. The highest BCUT2D eigenvalue weighted by atomic mass is 16.4. The number of carboxylic acids is 1. The summed E-state index contributed by atoms with van der Waals surface area (Å²) >= 11 is 0. The van der Waals surface area contributed by atoms with Crippen LogP contribution in [0.1, 0.15) is 36.2 Å². The molecular formula is C14H18N4O2. The lowest BCUT2D eigenvalue weighted by atomic mass is 10.2. The smallest absolute Gasteiger partial charge is 0.357 e. The molecule has 0 bridgehead atoms. The fourth-order valence-corrected chi connectivity index (χ4v) is 2.76. The Morgan fingerprint density at radius 3 is 2.55 bits per heavy atom. The van der Waals surface area contributed by atoms with Gasteiger partial charge in [0.05, 0.1) is 5.39 Å². The molecule has 3 rings (SSSR count). The number of rotatable bonds is 2. The van der Waals surface area contributed by atoms with Gasteiger partial charge >= 0.3 is 5.97 Å². The molecule has 20 heavy (non-hydrogen) atoms. The van der Waals surface area contributed by atoms with E-state index in [1.807, 2.05) is 12.1 Å². The second-order valence-corrected chi connectivity index (χ2v) is 5.22. The van der Waals surface area contributed by atoms with E-state index < -0.39 is 5.97 Å². The number of aromatic carboxylic acids is 1. The van der Waals surface area contributed by atoms with Crippen LogP contribution in [0.15, 0.2) is 12.1 Å². The van der Waals surface area contributed by atoms with Gasteiger partial charge in [0, 0.05) is 20.1 Å². The lowest BCUT2D eigenvalue weighted by Gasteiger charge is -2.21. The largest absolute Gasteiger partial charge is 0.476 e. The molecule has 1 saturated heterocycles. The first-order valence-electron chi connectivity index (χ1n) is 6.99. The molecule has 1 aliphatic heterocycles. The van der Waals surface area contributed by atoms with Gasteiger partial charge in [-0.05, 0) is 25.0 Å². The zero-order valence-electron chi connectivity index (χ0n) is 11.5. The third-order valence-corrected chi connectivity index (χ3v) is 3.80. The van der Waals surface area contributed by atoms with Gasteiger partial charge in [0.1, 0.15) is 5.82 Å². The van der Waals surface area contributed by atoms with E-state index in [0.717, 1.165) is 18.9 Å². The van der Waals surface area contributed by atoms with Gasteiger partial charge in [0.2, 0.25) is 0 Å². The number of nitrogens with zero attached hydrogens (tertiary/aromatic N) is 4. The van der Waals surface area contributed by atoms with Crippen LogP contribution >= 0.6 is 0 Å². The van der Waals surface area contributed by atoms with E-state index in [9.17, 15) is 4.79 Å². The maximum Gasteiger partial charge on any atom is 0.357 e. The highest BCUT2D eigenvalue weighted by Crippen LogP contribution is 2.23. The third kappa shape index (κ3) is 2.21. The normalized spacial score (nSPS) is 16.4. The molecule has 0 radical (unpaired) electrons. The third-order valence-electron chi connectivity index (χ3n) is 3.80. The number of pyridine rings is 1. The summed E-state index contributed by atoms with van der Waals surface area (Å²) in [4.78, 5) is 18.0. The Hall–Kier alpha value is -2.11. The minimum atomic E-state index is -1.01. The van der Waals surface area contributed by atoms with E-state index in [1.54, 1.807) is 11.7 Å². The second kappa shape index (κ2) is 5.11. The van der Waals surface area contributed by atoms with Crippen LogP contribution in [0.5, 0.6) is 0 Å². The predicted octanol–water partition coefficient (Wildman–Crippen LogP) is 2.05. The Kier molecular flexibility index (Phi) is 3.30. The van der Waals surface area contributed by atoms with Gasteiger partial charge in [0.15, 0.2) is 11.3 Å². The molecule has 0 aliphatic carbocycles. The van der Waals surface area contributed by atoms with Crippen molar-refractivity contribution >= 4 is 22.8 Å². The van der Waals surface area contributed by atoms with Crippen LogP contribution in [-0.2, 0) is 7.05 Å². The number of fused-ring (bicyclic) bond motifs is 1. The molecule has 6 heteroatoms. The summed E-state index contributed by atoms with van der Waals surface area (Å²) in [5.74, 6) is -0.0979.